The van der Waals surface area contributed by atoms with E-state index in [2.05, 4.69) is 36.4 Å². The SMILES string of the molecule is C[N+](C)(C)CCNC(=O)c1nccc(-c2ccc(Oc3ccc(F)cc3)cc2)n1.O=P([O-])(O)O. The van der Waals surface area contributed by atoms with Gasteiger partial charge < -0.3 is 29.2 Å². The number of nitrogens with zero attached hydrogens (tertiary/aromatic N) is 3. The van der Waals surface area contributed by atoms with Crippen LogP contribution in [0.4, 0.5) is 4.39 Å². The van der Waals surface area contributed by atoms with Crippen molar-refractivity contribution in [2.24, 2.45) is 0 Å². The number of aromatic nitrogens is 2. The molecule has 0 bridgehead atoms. The van der Waals surface area contributed by atoms with E-state index in [-0.39, 0.29) is 17.5 Å². The number of likely N-dealkylation sites (N-methyl/N-ethyl adjacent to an activating group) is 1. The van der Waals surface area contributed by atoms with Crippen LogP contribution in [0.25, 0.3) is 11.3 Å². The molecule has 3 N–H and O–H groups in total. The van der Waals surface area contributed by atoms with Crippen LogP contribution in [0.15, 0.2) is 60.8 Å². The zero-order valence-corrected chi connectivity index (χ0v) is 19.8. The van der Waals surface area contributed by atoms with Crippen molar-refractivity contribution in [2.45, 2.75) is 0 Å². The van der Waals surface area contributed by atoms with Gasteiger partial charge in [0.1, 0.15) is 17.3 Å². The van der Waals surface area contributed by atoms with Crippen molar-refractivity contribution in [3.05, 3.63) is 72.4 Å². The third-order valence-corrected chi connectivity index (χ3v) is 4.13. The van der Waals surface area contributed by atoms with E-state index < -0.39 is 7.82 Å². The Kier molecular flexibility index (Phi) is 9.36. The highest BCUT2D eigenvalue weighted by atomic mass is 31.2. The molecule has 2 aromatic carbocycles. The van der Waals surface area contributed by atoms with Gasteiger partial charge in [-0.25, -0.2) is 14.4 Å². The highest BCUT2D eigenvalue weighted by molar-refractivity contribution is 7.43. The average Bonchev–Trinajstić information content (AvgIpc) is 2.74. The van der Waals surface area contributed by atoms with E-state index in [1.54, 1.807) is 36.5 Å². The molecule has 0 aliphatic rings. The molecule has 3 rings (SSSR count). The Morgan fingerprint density at radius 1 is 1.06 bits per heavy atom. The lowest BCUT2D eigenvalue weighted by molar-refractivity contribution is -0.869. The Balaban J connectivity index is 0.000000739. The number of amides is 1. The van der Waals surface area contributed by atoms with Crippen LogP contribution in [0.5, 0.6) is 11.5 Å². The standard InChI is InChI=1S/C22H23FN4O2.H3O4P/c1-27(2,3)15-14-25-22(28)21-24-13-12-20(26-21)16-4-8-18(9-5-16)29-19-10-6-17(23)7-11-19;1-5(2,3)4/h4-13H,14-15H2,1-3H3;(H3,1,2,3,4). The molecule has 0 radical (unpaired) electrons. The minimum atomic E-state index is -4.89. The zero-order chi connectivity index (χ0) is 25.4. The Bertz CT molecular complexity index is 1120. The second-order valence-electron chi connectivity index (χ2n) is 8.11. The molecular weight excluding hydrogens is 466 g/mol. The first-order valence-electron chi connectivity index (χ1n) is 10.0. The molecule has 1 aromatic heterocycles. The quantitative estimate of drug-likeness (QED) is 0.335. The Morgan fingerprint density at radius 3 is 2.12 bits per heavy atom. The predicted octanol–water partition coefficient (Wildman–Crippen LogP) is 1.95. The maximum Gasteiger partial charge on any atom is 0.289 e. The van der Waals surface area contributed by atoms with Crippen LogP contribution < -0.4 is 14.9 Å². The normalized spacial score (nSPS) is 11.3. The van der Waals surface area contributed by atoms with E-state index >= 15 is 0 Å². The lowest BCUT2D eigenvalue weighted by Crippen LogP contribution is -2.42. The molecule has 0 saturated heterocycles. The molecule has 34 heavy (non-hydrogen) atoms. The topological polar surface area (TPSA) is 145 Å². The van der Waals surface area contributed by atoms with Crippen molar-refractivity contribution in [1.82, 2.24) is 15.3 Å². The molecule has 0 aliphatic carbocycles. The first-order valence-corrected chi connectivity index (χ1v) is 11.6. The molecule has 0 unspecified atom stereocenters. The van der Waals surface area contributed by atoms with Gasteiger partial charge in [0, 0.05) is 11.8 Å². The fourth-order valence-corrected chi connectivity index (χ4v) is 2.55. The van der Waals surface area contributed by atoms with Crippen molar-refractivity contribution in [3.63, 3.8) is 0 Å². The number of quaternary nitrogens is 1. The summed E-state index contributed by atoms with van der Waals surface area (Å²) in [4.78, 5) is 43.7. The summed E-state index contributed by atoms with van der Waals surface area (Å²) in [5.74, 6) is 0.697. The molecule has 1 heterocycles. The molecule has 0 aliphatic heterocycles. The first-order chi connectivity index (χ1) is 15.8. The van der Waals surface area contributed by atoms with E-state index in [1.807, 2.05) is 12.1 Å². The van der Waals surface area contributed by atoms with Crippen LogP contribution in [0.2, 0.25) is 0 Å². The number of nitrogens with one attached hydrogen (secondary N) is 1. The van der Waals surface area contributed by atoms with Crippen LogP contribution in [-0.4, -0.2) is 64.4 Å². The molecule has 1 amide bonds. The summed E-state index contributed by atoms with van der Waals surface area (Å²) in [6, 6.07) is 14.9. The number of benzene rings is 2. The van der Waals surface area contributed by atoms with Gasteiger partial charge in [0.25, 0.3) is 13.7 Å². The number of halogens is 1. The van der Waals surface area contributed by atoms with Crippen molar-refractivity contribution in [3.8, 4) is 22.8 Å². The number of rotatable bonds is 7. The zero-order valence-electron chi connectivity index (χ0n) is 18.9. The van der Waals surface area contributed by atoms with E-state index in [0.717, 1.165) is 16.6 Å². The minimum absolute atomic E-state index is 0.135. The number of hydrogen-bond acceptors (Lipinski definition) is 6. The van der Waals surface area contributed by atoms with Crippen LogP contribution >= 0.6 is 7.82 Å². The summed E-state index contributed by atoms with van der Waals surface area (Å²) >= 11 is 0. The summed E-state index contributed by atoms with van der Waals surface area (Å²) in [5.41, 5.74) is 1.48. The van der Waals surface area contributed by atoms with E-state index in [4.69, 9.17) is 24.0 Å². The van der Waals surface area contributed by atoms with Crippen LogP contribution in [-0.2, 0) is 4.57 Å². The van der Waals surface area contributed by atoms with Gasteiger partial charge in [0.05, 0.1) is 39.9 Å². The van der Waals surface area contributed by atoms with Gasteiger partial charge in [-0.15, -0.1) is 0 Å². The Labute approximate surface area is 196 Å². The molecule has 10 nitrogen and oxygen atoms in total. The number of ether oxygens (including phenoxy) is 1. The summed E-state index contributed by atoms with van der Waals surface area (Å²) in [7, 11) is 1.30. The maximum atomic E-state index is 13.0. The summed E-state index contributed by atoms with van der Waals surface area (Å²) in [5, 5.41) is 2.85. The van der Waals surface area contributed by atoms with Gasteiger partial charge >= 0.3 is 0 Å². The Morgan fingerprint density at radius 2 is 1.59 bits per heavy atom. The second-order valence-corrected chi connectivity index (χ2v) is 9.09. The average molecular weight is 492 g/mol. The maximum absolute atomic E-state index is 13.0. The third kappa shape index (κ3) is 10.6. The smallest absolute Gasteiger partial charge is 0.289 e. The van der Waals surface area contributed by atoms with E-state index in [0.29, 0.717) is 23.7 Å². The highest BCUT2D eigenvalue weighted by Crippen LogP contribution is 2.25. The third-order valence-electron chi connectivity index (χ3n) is 4.13. The van der Waals surface area contributed by atoms with E-state index in [1.165, 1.54) is 12.1 Å². The van der Waals surface area contributed by atoms with Gasteiger partial charge in [-0.3, -0.25) is 9.36 Å². The number of phosphoric acid groups is 1. The van der Waals surface area contributed by atoms with Gasteiger partial charge in [0.2, 0.25) is 5.82 Å². The van der Waals surface area contributed by atoms with E-state index in [9.17, 15) is 9.18 Å². The van der Waals surface area contributed by atoms with Crippen molar-refractivity contribution in [2.75, 3.05) is 34.2 Å². The van der Waals surface area contributed by atoms with Gasteiger partial charge in [-0.2, -0.15) is 0 Å². The molecule has 0 spiro atoms. The van der Waals surface area contributed by atoms with Crippen molar-refractivity contribution >= 4 is 13.7 Å². The predicted molar refractivity (Wildman–Crippen MR) is 121 cm³/mol. The largest absolute Gasteiger partial charge is 0.756 e. The monoisotopic (exact) mass is 492 g/mol. The lowest BCUT2D eigenvalue weighted by atomic mass is 10.1. The lowest BCUT2D eigenvalue weighted by Gasteiger charge is -2.23. The fourth-order valence-electron chi connectivity index (χ4n) is 2.55. The molecular formula is C22H26FN4O6P. The molecule has 0 atom stereocenters. The second kappa shape index (κ2) is 11.8. The number of hydrogen-bond donors (Lipinski definition) is 3. The first kappa shape index (κ1) is 27.0. The molecule has 182 valence electrons. The van der Waals surface area contributed by atoms with Crippen LogP contribution in [0.1, 0.15) is 10.6 Å². The van der Waals surface area contributed by atoms with Crippen LogP contribution in [0.3, 0.4) is 0 Å². The van der Waals surface area contributed by atoms with Gasteiger partial charge in [0.15, 0.2) is 0 Å². The van der Waals surface area contributed by atoms with Crippen LogP contribution in [0, 0.1) is 5.82 Å². The number of carbonyl (C=O) groups excluding carboxylic acids is 1. The fraction of sp³-hybridized carbons (Fsp3) is 0.227. The number of carbonyl (C=O) groups is 1. The van der Waals surface area contributed by atoms with Crippen molar-refractivity contribution < 1.29 is 37.7 Å². The molecule has 12 heteroatoms. The van der Waals surface area contributed by atoms with Gasteiger partial charge in [-0.1, -0.05) is 0 Å². The molecule has 0 saturated carbocycles. The molecule has 0 fully saturated rings. The van der Waals surface area contributed by atoms with Crippen molar-refractivity contribution in [1.29, 1.82) is 0 Å². The highest BCUT2D eigenvalue weighted by Gasteiger charge is 2.13. The van der Waals surface area contributed by atoms with Gasteiger partial charge in [-0.05, 0) is 54.6 Å². The Hall–Kier alpha value is -3.21. The minimum Gasteiger partial charge on any atom is -0.756 e. The summed E-state index contributed by atoms with van der Waals surface area (Å²) in [6.45, 7) is 1.35. The molecule has 3 aromatic rings. The summed E-state index contributed by atoms with van der Waals surface area (Å²) in [6.07, 6.45) is 1.57. The summed E-state index contributed by atoms with van der Waals surface area (Å²) < 4.78 is 28.2.